The van der Waals surface area contributed by atoms with Crippen molar-refractivity contribution in [2.45, 2.75) is 13.0 Å². The molecule has 0 aliphatic rings. The van der Waals surface area contributed by atoms with Crippen LogP contribution in [0, 0.1) is 0 Å². The summed E-state index contributed by atoms with van der Waals surface area (Å²) < 4.78 is 0. The van der Waals surface area contributed by atoms with Gasteiger partial charge in [-0.25, -0.2) is 0 Å². The van der Waals surface area contributed by atoms with Crippen molar-refractivity contribution in [3.8, 4) is 0 Å². The van der Waals surface area contributed by atoms with Crippen molar-refractivity contribution >= 4 is 5.97 Å². The number of aliphatic carboxylic acids is 1. The molecule has 0 fully saturated rings. The van der Waals surface area contributed by atoms with Gasteiger partial charge in [0.2, 0.25) is 0 Å². The third-order valence-corrected chi connectivity index (χ3v) is 0.341. The number of hydrogen-bond acceptors (Lipinski definition) is 3. The molecule has 36 valence electrons. The second kappa shape index (κ2) is 5.21. The maximum atomic E-state index is 9.34. The zero-order valence-electron chi connectivity index (χ0n) is 4.34. The van der Waals surface area contributed by atoms with Gasteiger partial charge in [-0.1, -0.05) is 0 Å². The molecule has 0 saturated carbocycles. The SMILES string of the molecule is C[C@@H](O)C(=O)[O-].[K+]. The molecule has 0 aliphatic heterocycles. The molecule has 0 radical (unpaired) electrons. The molecule has 0 saturated heterocycles. The summed E-state index contributed by atoms with van der Waals surface area (Å²) >= 11 is 0. The van der Waals surface area contributed by atoms with Gasteiger partial charge in [0.25, 0.3) is 0 Å². The van der Waals surface area contributed by atoms with Gasteiger partial charge in [0, 0.05) is 0 Å². The van der Waals surface area contributed by atoms with Crippen molar-refractivity contribution in [3.05, 3.63) is 0 Å². The number of carbonyl (C=O) groups is 1. The van der Waals surface area contributed by atoms with E-state index in [9.17, 15) is 9.90 Å². The first kappa shape index (κ1) is 10.9. The summed E-state index contributed by atoms with van der Waals surface area (Å²) in [7, 11) is 0. The molecule has 0 aliphatic carbocycles. The predicted octanol–water partition coefficient (Wildman–Crippen LogP) is -4.88. The summed E-state index contributed by atoms with van der Waals surface area (Å²) in [6, 6.07) is 0. The molecule has 1 atom stereocenters. The maximum absolute atomic E-state index is 9.34. The molecular weight excluding hydrogens is 123 g/mol. The Hall–Kier alpha value is 1.07. The van der Waals surface area contributed by atoms with Crippen LogP contribution in [-0.2, 0) is 4.79 Å². The topological polar surface area (TPSA) is 60.4 Å². The molecule has 0 bridgehead atoms. The van der Waals surface area contributed by atoms with Crippen molar-refractivity contribution in [1.29, 1.82) is 0 Å². The van der Waals surface area contributed by atoms with Crippen molar-refractivity contribution in [3.63, 3.8) is 0 Å². The number of carbonyl (C=O) groups excluding carboxylic acids is 1. The van der Waals surface area contributed by atoms with Crippen LogP contribution in [0.15, 0.2) is 0 Å². The van der Waals surface area contributed by atoms with Crippen LogP contribution in [0.3, 0.4) is 0 Å². The number of aliphatic hydroxyl groups is 1. The van der Waals surface area contributed by atoms with E-state index in [1.165, 1.54) is 0 Å². The van der Waals surface area contributed by atoms with Crippen LogP contribution >= 0.6 is 0 Å². The molecule has 0 heterocycles. The third kappa shape index (κ3) is 7.07. The van der Waals surface area contributed by atoms with Crippen molar-refractivity contribution < 1.29 is 66.4 Å². The standard InChI is InChI=1S/C3H6O3.K/c1-2(4)3(5)6;/h2,4H,1H3,(H,5,6);/q;+1/p-1/t2-;/m1./s1. The minimum atomic E-state index is -1.44. The van der Waals surface area contributed by atoms with Crippen LogP contribution in [0.1, 0.15) is 6.92 Å². The minimum absolute atomic E-state index is 0. The Bertz CT molecular complexity index is 61.2. The molecule has 0 unspecified atom stereocenters. The van der Waals surface area contributed by atoms with Gasteiger partial charge in [-0.2, -0.15) is 0 Å². The Balaban J connectivity index is 0. The zero-order valence-corrected chi connectivity index (χ0v) is 7.46. The van der Waals surface area contributed by atoms with Gasteiger partial charge < -0.3 is 15.0 Å². The average molecular weight is 128 g/mol. The Kier molecular flexibility index (Phi) is 8.14. The van der Waals surface area contributed by atoms with Gasteiger partial charge >= 0.3 is 51.4 Å². The summed E-state index contributed by atoms with van der Waals surface area (Å²) in [5, 5.41) is 17.3. The van der Waals surface area contributed by atoms with Crippen LogP contribution in [0.5, 0.6) is 0 Å². The first-order valence-electron chi connectivity index (χ1n) is 1.53. The Labute approximate surface area is 84.1 Å². The number of carboxylic acids is 1. The molecule has 0 aromatic heterocycles. The zero-order chi connectivity index (χ0) is 5.15. The summed E-state index contributed by atoms with van der Waals surface area (Å²) in [5.41, 5.74) is 0. The van der Waals surface area contributed by atoms with E-state index in [4.69, 9.17) is 5.11 Å². The van der Waals surface area contributed by atoms with Crippen LogP contribution < -0.4 is 56.5 Å². The van der Waals surface area contributed by atoms with E-state index < -0.39 is 12.1 Å². The molecule has 0 amide bonds. The van der Waals surface area contributed by atoms with E-state index in [1.807, 2.05) is 0 Å². The van der Waals surface area contributed by atoms with Crippen molar-refractivity contribution in [2.24, 2.45) is 0 Å². The Morgan fingerprint density at radius 1 is 1.86 bits per heavy atom. The normalized spacial score (nSPS) is 11.7. The first-order valence-corrected chi connectivity index (χ1v) is 1.53. The smallest absolute Gasteiger partial charge is 0.547 e. The van der Waals surface area contributed by atoms with Gasteiger partial charge in [0.1, 0.15) is 0 Å². The van der Waals surface area contributed by atoms with Gasteiger partial charge in [-0.3, -0.25) is 0 Å². The summed E-state index contributed by atoms with van der Waals surface area (Å²) in [4.78, 5) is 9.34. The second-order valence-electron chi connectivity index (χ2n) is 0.995. The Morgan fingerprint density at radius 3 is 2.00 bits per heavy atom. The largest absolute Gasteiger partial charge is 1.00 e. The van der Waals surface area contributed by atoms with Crippen LogP contribution in [-0.4, -0.2) is 17.2 Å². The molecule has 0 aromatic rings. The van der Waals surface area contributed by atoms with E-state index in [2.05, 4.69) is 0 Å². The van der Waals surface area contributed by atoms with Gasteiger partial charge in [-0.15, -0.1) is 0 Å². The van der Waals surface area contributed by atoms with E-state index in [0.717, 1.165) is 6.92 Å². The minimum Gasteiger partial charge on any atom is -0.547 e. The van der Waals surface area contributed by atoms with E-state index in [1.54, 1.807) is 0 Å². The Morgan fingerprint density at radius 2 is 2.00 bits per heavy atom. The summed E-state index contributed by atoms with van der Waals surface area (Å²) in [5.74, 6) is -1.44. The molecular formula is C3H5KO3. The number of aliphatic hydroxyl groups excluding tert-OH is 1. The summed E-state index contributed by atoms with van der Waals surface area (Å²) in [6.07, 6.45) is -1.34. The fourth-order valence-corrected chi connectivity index (χ4v) is 0. The monoisotopic (exact) mass is 128 g/mol. The third-order valence-electron chi connectivity index (χ3n) is 0.341. The van der Waals surface area contributed by atoms with Crippen molar-refractivity contribution in [1.82, 2.24) is 0 Å². The second-order valence-corrected chi connectivity index (χ2v) is 0.995. The average Bonchev–Trinajstić information content (AvgIpc) is 1.36. The van der Waals surface area contributed by atoms with Crippen molar-refractivity contribution in [2.75, 3.05) is 0 Å². The van der Waals surface area contributed by atoms with E-state index in [-0.39, 0.29) is 51.4 Å². The van der Waals surface area contributed by atoms with Gasteiger partial charge in [0.15, 0.2) is 0 Å². The van der Waals surface area contributed by atoms with Crippen LogP contribution in [0.2, 0.25) is 0 Å². The number of carboxylic acid groups (broad SMARTS) is 1. The van der Waals surface area contributed by atoms with Gasteiger partial charge in [-0.05, 0) is 6.92 Å². The quantitative estimate of drug-likeness (QED) is 0.360. The van der Waals surface area contributed by atoms with E-state index >= 15 is 0 Å². The molecule has 0 rings (SSSR count). The maximum Gasteiger partial charge on any atom is 1.00 e. The number of hydrogen-bond donors (Lipinski definition) is 1. The molecule has 3 nitrogen and oxygen atoms in total. The molecule has 1 N–H and O–H groups in total. The first-order chi connectivity index (χ1) is 2.64. The molecule has 4 heteroatoms. The van der Waals surface area contributed by atoms with Gasteiger partial charge in [0.05, 0.1) is 12.1 Å². The molecule has 0 aromatic carbocycles. The molecule has 0 spiro atoms. The fraction of sp³-hybridized carbons (Fsp3) is 0.667. The van der Waals surface area contributed by atoms with Crippen LogP contribution in [0.4, 0.5) is 0 Å². The number of rotatable bonds is 1. The predicted molar refractivity (Wildman–Crippen MR) is 16.7 cm³/mol. The summed E-state index contributed by atoms with van der Waals surface area (Å²) in [6.45, 7) is 1.13. The van der Waals surface area contributed by atoms with E-state index in [0.29, 0.717) is 0 Å². The fourth-order valence-electron chi connectivity index (χ4n) is 0. The molecule has 7 heavy (non-hydrogen) atoms. The van der Waals surface area contributed by atoms with Crippen LogP contribution in [0.25, 0.3) is 0 Å².